The van der Waals surface area contributed by atoms with Crippen molar-refractivity contribution in [1.82, 2.24) is 0 Å². The number of rotatable bonds is 10. The lowest BCUT2D eigenvalue weighted by Gasteiger charge is -2.40. The standard InChI is InChI=1S/C27H27FO5/c28-16-23-24(30-17-20-10-4-1-5-11-20)25(31-18-21-12-6-2-7-13-21)26(27(29)33-23)32-19-22-14-8-3-9-15-22/h1-15,23-26H,16-19H2/t23-,24-,25+,26+/m1/s1. The van der Waals surface area contributed by atoms with E-state index in [1.165, 1.54) is 0 Å². The molecule has 0 N–H and O–H groups in total. The van der Waals surface area contributed by atoms with Gasteiger partial charge in [0.05, 0.1) is 19.8 Å². The molecule has 5 nitrogen and oxygen atoms in total. The molecule has 0 aromatic heterocycles. The molecule has 0 saturated carbocycles. The summed E-state index contributed by atoms with van der Waals surface area (Å²) in [7, 11) is 0. The third-order valence-electron chi connectivity index (χ3n) is 5.48. The summed E-state index contributed by atoms with van der Waals surface area (Å²) in [5.41, 5.74) is 2.76. The fraction of sp³-hybridized carbons (Fsp3) is 0.296. The Labute approximate surface area is 193 Å². The Kier molecular flexibility index (Phi) is 8.19. The average Bonchev–Trinajstić information content (AvgIpc) is 2.87. The second-order valence-corrected chi connectivity index (χ2v) is 7.87. The minimum Gasteiger partial charge on any atom is -0.455 e. The number of hydrogen-bond acceptors (Lipinski definition) is 5. The second-order valence-electron chi connectivity index (χ2n) is 7.87. The highest BCUT2D eigenvalue weighted by Crippen LogP contribution is 2.27. The minimum atomic E-state index is -1.07. The molecule has 0 bridgehead atoms. The molecule has 0 amide bonds. The quantitative estimate of drug-likeness (QED) is 0.422. The molecule has 0 radical (unpaired) electrons. The van der Waals surface area contributed by atoms with Crippen LogP contribution in [0.4, 0.5) is 4.39 Å². The summed E-state index contributed by atoms with van der Waals surface area (Å²) in [6.07, 6.45) is -3.77. The van der Waals surface area contributed by atoms with Gasteiger partial charge in [0.15, 0.2) is 12.2 Å². The maximum Gasteiger partial charge on any atom is 0.338 e. The van der Waals surface area contributed by atoms with E-state index in [0.29, 0.717) is 0 Å². The lowest BCUT2D eigenvalue weighted by Crippen LogP contribution is -2.59. The Bertz CT molecular complexity index is 983. The van der Waals surface area contributed by atoms with Crippen molar-refractivity contribution in [2.45, 2.75) is 44.2 Å². The molecule has 3 aromatic carbocycles. The van der Waals surface area contributed by atoms with Crippen LogP contribution < -0.4 is 0 Å². The summed E-state index contributed by atoms with van der Waals surface area (Å²) >= 11 is 0. The molecular formula is C27H27FO5. The molecule has 172 valence electrons. The number of ether oxygens (including phenoxy) is 4. The molecule has 3 aromatic rings. The van der Waals surface area contributed by atoms with Gasteiger partial charge in [-0.15, -0.1) is 0 Å². The first-order valence-electron chi connectivity index (χ1n) is 11.0. The van der Waals surface area contributed by atoms with E-state index in [9.17, 15) is 9.18 Å². The van der Waals surface area contributed by atoms with Crippen LogP contribution in [0.25, 0.3) is 0 Å². The number of carbonyl (C=O) groups is 1. The molecule has 4 atom stereocenters. The number of esters is 1. The summed E-state index contributed by atoms with van der Waals surface area (Å²) in [5, 5.41) is 0. The minimum absolute atomic E-state index is 0.192. The van der Waals surface area contributed by atoms with Crippen LogP contribution in [0.5, 0.6) is 0 Å². The molecule has 33 heavy (non-hydrogen) atoms. The van der Waals surface area contributed by atoms with Gasteiger partial charge in [0.1, 0.15) is 18.9 Å². The Morgan fingerprint density at radius 3 is 1.52 bits per heavy atom. The first kappa shape index (κ1) is 23.1. The number of hydrogen-bond donors (Lipinski definition) is 0. The number of carbonyl (C=O) groups excluding carboxylic acids is 1. The fourth-order valence-electron chi connectivity index (χ4n) is 3.76. The molecule has 1 heterocycles. The average molecular weight is 451 g/mol. The number of cyclic esters (lactones) is 1. The maximum atomic E-state index is 13.9. The zero-order chi connectivity index (χ0) is 22.9. The van der Waals surface area contributed by atoms with Crippen LogP contribution in [0.2, 0.25) is 0 Å². The van der Waals surface area contributed by atoms with Gasteiger partial charge in [-0.2, -0.15) is 0 Å². The zero-order valence-electron chi connectivity index (χ0n) is 18.2. The van der Waals surface area contributed by atoms with Crippen molar-refractivity contribution < 1.29 is 28.1 Å². The lowest BCUT2D eigenvalue weighted by molar-refractivity contribution is -0.234. The van der Waals surface area contributed by atoms with E-state index in [0.717, 1.165) is 16.7 Å². The molecular weight excluding hydrogens is 423 g/mol. The van der Waals surface area contributed by atoms with E-state index in [2.05, 4.69) is 0 Å². The molecule has 1 aliphatic rings. The van der Waals surface area contributed by atoms with Gasteiger partial charge in [0.25, 0.3) is 0 Å². The molecule has 6 heteroatoms. The van der Waals surface area contributed by atoms with Gasteiger partial charge in [-0.1, -0.05) is 91.0 Å². The third kappa shape index (κ3) is 6.26. The van der Waals surface area contributed by atoms with Crippen molar-refractivity contribution in [1.29, 1.82) is 0 Å². The summed E-state index contributed by atoms with van der Waals surface area (Å²) in [6.45, 7) is -0.219. The van der Waals surface area contributed by atoms with Gasteiger partial charge in [0, 0.05) is 0 Å². The van der Waals surface area contributed by atoms with Crippen LogP contribution in [-0.2, 0) is 43.6 Å². The van der Waals surface area contributed by atoms with Crippen molar-refractivity contribution in [3.63, 3.8) is 0 Å². The van der Waals surface area contributed by atoms with Crippen LogP contribution in [0.3, 0.4) is 0 Å². The molecule has 0 aliphatic carbocycles. The van der Waals surface area contributed by atoms with E-state index in [1.54, 1.807) is 0 Å². The van der Waals surface area contributed by atoms with Crippen LogP contribution in [0, 0.1) is 0 Å². The van der Waals surface area contributed by atoms with Crippen molar-refractivity contribution >= 4 is 5.97 Å². The highest BCUT2D eigenvalue weighted by molar-refractivity contribution is 5.77. The predicted octanol–water partition coefficient (Wildman–Crippen LogP) is 4.64. The second kappa shape index (κ2) is 11.7. The van der Waals surface area contributed by atoms with Gasteiger partial charge in [0.2, 0.25) is 0 Å². The molecule has 0 spiro atoms. The highest BCUT2D eigenvalue weighted by Gasteiger charge is 2.48. The Balaban J connectivity index is 1.54. The zero-order valence-corrected chi connectivity index (χ0v) is 18.2. The third-order valence-corrected chi connectivity index (χ3v) is 5.48. The normalized spacial score (nSPS) is 22.6. The van der Waals surface area contributed by atoms with Crippen LogP contribution in [-0.4, -0.2) is 37.1 Å². The molecule has 1 fully saturated rings. The van der Waals surface area contributed by atoms with E-state index in [1.807, 2.05) is 91.0 Å². The maximum absolute atomic E-state index is 13.9. The molecule has 4 rings (SSSR count). The van der Waals surface area contributed by atoms with Gasteiger partial charge in [-0.05, 0) is 16.7 Å². The summed E-state index contributed by atoms with van der Waals surface area (Å²) in [4.78, 5) is 12.8. The van der Waals surface area contributed by atoms with Crippen LogP contribution in [0.15, 0.2) is 91.0 Å². The van der Waals surface area contributed by atoms with E-state index >= 15 is 0 Å². The molecule has 1 aliphatic heterocycles. The van der Waals surface area contributed by atoms with E-state index in [-0.39, 0.29) is 19.8 Å². The molecule has 0 unspecified atom stereocenters. The van der Waals surface area contributed by atoms with Gasteiger partial charge >= 0.3 is 5.97 Å². The summed E-state index contributed by atoms with van der Waals surface area (Å²) in [5.74, 6) is -0.647. The van der Waals surface area contributed by atoms with Crippen molar-refractivity contribution in [3.8, 4) is 0 Å². The summed E-state index contributed by atoms with van der Waals surface area (Å²) in [6, 6.07) is 28.6. The van der Waals surface area contributed by atoms with Crippen LogP contribution in [0.1, 0.15) is 16.7 Å². The van der Waals surface area contributed by atoms with Crippen molar-refractivity contribution in [2.75, 3.05) is 6.67 Å². The van der Waals surface area contributed by atoms with Crippen molar-refractivity contribution in [3.05, 3.63) is 108 Å². The summed E-state index contributed by atoms with van der Waals surface area (Å²) < 4.78 is 37.5. The first-order valence-corrected chi connectivity index (χ1v) is 11.0. The smallest absolute Gasteiger partial charge is 0.338 e. The van der Waals surface area contributed by atoms with Crippen LogP contribution >= 0.6 is 0 Å². The number of benzene rings is 3. The topological polar surface area (TPSA) is 54.0 Å². The highest BCUT2D eigenvalue weighted by atomic mass is 19.1. The van der Waals surface area contributed by atoms with Crippen molar-refractivity contribution in [2.24, 2.45) is 0 Å². The largest absolute Gasteiger partial charge is 0.455 e. The van der Waals surface area contributed by atoms with Gasteiger partial charge in [-0.3, -0.25) is 0 Å². The fourth-order valence-corrected chi connectivity index (χ4v) is 3.76. The van der Waals surface area contributed by atoms with Gasteiger partial charge in [-0.25, -0.2) is 9.18 Å². The number of alkyl halides is 1. The Morgan fingerprint density at radius 2 is 1.06 bits per heavy atom. The monoisotopic (exact) mass is 450 g/mol. The number of halogens is 1. The molecule has 1 saturated heterocycles. The Hall–Kier alpha value is -3.06. The van der Waals surface area contributed by atoms with Gasteiger partial charge < -0.3 is 18.9 Å². The lowest BCUT2D eigenvalue weighted by atomic mass is 9.99. The van der Waals surface area contributed by atoms with E-state index < -0.39 is 37.1 Å². The first-order chi connectivity index (χ1) is 16.2. The Morgan fingerprint density at radius 1 is 0.636 bits per heavy atom. The SMILES string of the molecule is O=C1O[C@H](CF)[C@@H](OCc2ccccc2)[C@H](OCc2ccccc2)[C@@H]1OCc1ccccc1. The predicted molar refractivity (Wildman–Crippen MR) is 121 cm³/mol. The van der Waals surface area contributed by atoms with E-state index in [4.69, 9.17) is 18.9 Å².